The fraction of sp³-hybridized carbons (Fsp3) is 0.0976. The van der Waals surface area contributed by atoms with Gasteiger partial charge in [-0.3, -0.25) is 0 Å². The number of rotatable bonds is 2. The third kappa shape index (κ3) is 3.52. The third-order valence-electron chi connectivity index (χ3n) is 9.45. The van der Waals surface area contributed by atoms with Crippen LogP contribution in [0, 0.1) is 11.3 Å². The van der Waals surface area contributed by atoms with Crippen LogP contribution in [0.5, 0.6) is 11.5 Å². The summed E-state index contributed by atoms with van der Waals surface area (Å²) in [7, 11) is 0. The van der Waals surface area contributed by atoms with E-state index >= 15 is 0 Å². The van der Waals surface area contributed by atoms with E-state index in [9.17, 15) is 5.26 Å². The standard InChI is InChI=1S/C41H29NO/c1-40(2)32-14-3-5-16-34(32)41(35-17-6-4-15-33(35)40)36-18-7-8-20-38(36)43-39-31(13-10-19-37(39)41)30-12-9-11-29(25-30)28-23-21-27(26-42)22-24-28/h3-25H,1-2H3. The monoisotopic (exact) mass is 551 g/mol. The lowest BCUT2D eigenvalue weighted by Gasteiger charge is -2.50. The molecule has 0 saturated heterocycles. The quantitative estimate of drug-likeness (QED) is 0.214. The van der Waals surface area contributed by atoms with Crippen molar-refractivity contribution in [3.63, 3.8) is 0 Å². The first-order valence-corrected chi connectivity index (χ1v) is 14.8. The molecule has 0 N–H and O–H groups in total. The maximum Gasteiger partial charge on any atom is 0.140 e. The van der Waals surface area contributed by atoms with Gasteiger partial charge in [0.1, 0.15) is 11.5 Å². The Hall–Kier alpha value is -5.39. The molecule has 2 heteroatoms. The van der Waals surface area contributed by atoms with Crippen LogP contribution in [0.2, 0.25) is 0 Å². The molecule has 1 spiro atoms. The smallest absolute Gasteiger partial charge is 0.140 e. The van der Waals surface area contributed by atoms with Crippen molar-refractivity contribution in [3.05, 3.63) is 178 Å². The van der Waals surface area contributed by atoms with Gasteiger partial charge in [-0.25, -0.2) is 0 Å². The highest BCUT2D eigenvalue weighted by molar-refractivity contribution is 5.83. The van der Waals surface area contributed by atoms with Crippen LogP contribution in [-0.2, 0) is 10.8 Å². The van der Waals surface area contributed by atoms with E-state index in [4.69, 9.17) is 4.74 Å². The summed E-state index contributed by atoms with van der Waals surface area (Å²) in [6, 6.07) is 51.6. The van der Waals surface area contributed by atoms with Crippen LogP contribution in [0.1, 0.15) is 52.8 Å². The first kappa shape index (κ1) is 25.3. The normalized spacial score (nSPS) is 14.8. The zero-order chi connectivity index (χ0) is 29.2. The van der Waals surface area contributed by atoms with Crippen molar-refractivity contribution in [3.8, 4) is 39.8 Å². The van der Waals surface area contributed by atoms with Crippen molar-refractivity contribution in [2.75, 3.05) is 0 Å². The topological polar surface area (TPSA) is 33.0 Å². The Kier molecular flexibility index (Phi) is 5.49. The van der Waals surface area contributed by atoms with Crippen molar-refractivity contribution < 1.29 is 4.74 Å². The SMILES string of the molecule is CC1(C)c2ccccc2C2(c3ccccc3Oc3c(-c4cccc(-c5ccc(C#N)cc5)c4)cccc32)c2ccccc21. The lowest BCUT2D eigenvalue weighted by Crippen LogP contribution is -2.43. The van der Waals surface area contributed by atoms with Gasteiger partial charge >= 0.3 is 0 Å². The van der Waals surface area contributed by atoms with Crippen LogP contribution in [0.4, 0.5) is 0 Å². The van der Waals surface area contributed by atoms with Crippen LogP contribution in [0.25, 0.3) is 22.3 Å². The minimum atomic E-state index is -0.534. The van der Waals surface area contributed by atoms with E-state index in [0.29, 0.717) is 5.56 Å². The second kappa shape index (κ2) is 9.31. The van der Waals surface area contributed by atoms with Crippen LogP contribution in [0.15, 0.2) is 140 Å². The van der Waals surface area contributed by atoms with E-state index in [1.165, 1.54) is 27.8 Å². The summed E-state index contributed by atoms with van der Waals surface area (Å²) in [6.07, 6.45) is 0. The van der Waals surface area contributed by atoms with Crippen LogP contribution < -0.4 is 4.74 Å². The van der Waals surface area contributed by atoms with Gasteiger partial charge in [-0.05, 0) is 63.2 Å². The van der Waals surface area contributed by atoms with Crippen LogP contribution in [-0.4, -0.2) is 0 Å². The number of ether oxygens (including phenoxy) is 1. The number of hydrogen-bond donors (Lipinski definition) is 0. The van der Waals surface area contributed by atoms with Crippen molar-refractivity contribution in [2.24, 2.45) is 0 Å². The first-order chi connectivity index (χ1) is 21.0. The van der Waals surface area contributed by atoms with Gasteiger partial charge in [0.15, 0.2) is 0 Å². The minimum Gasteiger partial charge on any atom is -0.456 e. The molecule has 2 nitrogen and oxygen atoms in total. The van der Waals surface area contributed by atoms with Crippen molar-refractivity contribution >= 4 is 0 Å². The Morgan fingerprint density at radius 1 is 0.512 bits per heavy atom. The Labute approximate surface area is 252 Å². The predicted molar refractivity (Wildman–Crippen MR) is 173 cm³/mol. The van der Waals surface area contributed by atoms with Gasteiger partial charge in [0.2, 0.25) is 0 Å². The summed E-state index contributed by atoms with van der Waals surface area (Å²) in [5.41, 5.74) is 11.9. The largest absolute Gasteiger partial charge is 0.456 e. The Morgan fingerprint density at radius 2 is 1.07 bits per heavy atom. The van der Waals surface area contributed by atoms with Gasteiger partial charge in [0.05, 0.1) is 17.0 Å². The maximum atomic E-state index is 9.27. The molecule has 8 rings (SSSR count). The van der Waals surface area contributed by atoms with Gasteiger partial charge in [-0.1, -0.05) is 129 Å². The second-order valence-electron chi connectivity index (χ2n) is 12.0. The number of fused-ring (bicyclic) bond motifs is 8. The van der Waals surface area contributed by atoms with Gasteiger partial charge in [-0.15, -0.1) is 0 Å². The molecule has 43 heavy (non-hydrogen) atoms. The molecule has 0 unspecified atom stereocenters. The number of nitriles is 1. The molecule has 1 aliphatic heterocycles. The maximum absolute atomic E-state index is 9.27. The number of nitrogens with zero attached hydrogens (tertiary/aromatic N) is 1. The van der Waals surface area contributed by atoms with Crippen LogP contribution in [0.3, 0.4) is 0 Å². The van der Waals surface area contributed by atoms with Gasteiger partial charge < -0.3 is 4.74 Å². The summed E-state index contributed by atoms with van der Waals surface area (Å²) < 4.78 is 6.91. The number of para-hydroxylation sites is 2. The number of hydrogen-bond acceptors (Lipinski definition) is 2. The van der Waals surface area contributed by atoms with Crippen molar-refractivity contribution in [1.82, 2.24) is 0 Å². The number of benzene rings is 6. The molecule has 2 aliphatic rings. The molecular formula is C41H29NO. The minimum absolute atomic E-state index is 0.154. The predicted octanol–water partition coefficient (Wildman–Crippen LogP) is 10.0. The summed E-state index contributed by atoms with van der Waals surface area (Å²) in [4.78, 5) is 0. The van der Waals surface area contributed by atoms with Gasteiger partial charge in [0.25, 0.3) is 0 Å². The molecule has 0 fully saturated rings. The van der Waals surface area contributed by atoms with E-state index in [-0.39, 0.29) is 5.41 Å². The average Bonchev–Trinajstić information content (AvgIpc) is 3.07. The van der Waals surface area contributed by atoms with E-state index in [1.54, 1.807) is 0 Å². The van der Waals surface area contributed by atoms with E-state index in [1.807, 2.05) is 24.3 Å². The molecule has 1 aliphatic carbocycles. The molecule has 0 amide bonds. The third-order valence-corrected chi connectivity index (χ3v) is 9.45. The van der Waals surface area contributed by atoms with Crippen molar-refractivity contribution in [1.29, 1.82) is 5.26 Å². The molecule has 0 bridgehead atoms. The van der Waals surface area contributed by atoms with Gasteiger partial charge in [0, 0.05) is 22.1 Å². The molecule has 6 aromatic rings. The molecule has 0 saturated carbocycles. The zero-order valence-electron chi connectivity index (χ0n) is 24.1. The highest BCUT2D eigenvalue weighted by atomic mass is 16.5. The fourth-order valence-electron chi connectivity index (χ4n) is 7.47. The summed E-state index contributed by atoms with van der Waals surface area (Å²) in [6.45, 7) is 4.68. The summed E-state index contributed by atoms with van der Waals surface area (Å²) in [5, 5.41) is 9.27. The second-order valence-corrected chi connectivity index (χ2v) is 12.0. The highest BCUT2D eigenvalue weighted by Gasteiger charge is 2.53. The van der Waals surface area contributed by atoms with Crippen LogP contribution >= 0.6 is 0 Å². The fourth-order valence-corrected chi connectivity index (χ4v) is 7.47. The molecule has 6 aromatic carbocycles. The molecule has 0 atom stereocenters. The van der Waals surface area contributed by atoms with E-state index in [0.717, 1.165) is 39.3 Å². The molecule has 0 radical (unpaired) electrons. The highest BCUT2D eigenvalue weighted by Crippen LogP contribution is 2.62. The molecule has 1 heterocycles. The van der Waals surface area contributed by atoms with E-state index < -0.39 is 5.41 Å². The zero-order valence-corrected chi connectivity index (χ0v) is 24.1. The van der Waals surface area contributed by atoms with E-state index in [2.05, 4.69) is 135 Å². The Bertz CT molecular complexity index is 2040. The van der Waals surface area contributed by atoms with Crippen molar-refractivity contribution in [2.45, 2.75) is 24.7 Å². The lowest BCUT2D eigenvalue weighted by molar-refractivity contribution is 0.427. The lowest BCUT2D eigenvalue weighted by atomic mass is 9.53. The Morgan fingerprint density at radius 3 is 1.74 bits per heavy atom. The summed E-state index contributed by atoms with van der Waals surface area (Å²) >= 11 is 0. The molecule has 0 aromatic heterocycles. The average molecular weight is 552 g/mol. The Balaban J connectivity index is 1.43. The van der Waals surface area contributed by atoms with Gasteiger partial charge in [-0.2, -0.15) is 5.26 Å². The molecule has 204 valence electrons. The first-order valence-electron chi connectivity index (χ1n) is 14.8. The summed E-state index contributed by atoms with van der Waals surface area (Å²) in [5.74, 6) is 1.78. The molecular weight excluding hydrogens is 522 g/mol.